The smallest absolute Gasteiger partial charge is 0.0906 e. The van der Waals surface area contributed by atoms with Crippen molar-refractivity contribution in [1.29, 1.82) is 0 Å². The monoisotopic (exact) mass is 215 g/mol. The standard InChI is InChI=1S/C8H10BrNO/c9-5-8(11)6-3-1-2-4-7(6)10/h1-4,8,11H,5,10H2/t8-/m0/s1. The van der Waals surface area contributed by atoms with Gasteiger partial charge in [-0.1, -0.05) is 34.1 Å². The molecule has 3 N–H and O–H groups in total. The molecule has 0 aromatic heterocycles. The number of rotatable bonds is 2. The minimum Gasteiger partial charge on any atom is -0.398 e. The molecular weight excluding hydrogens is 206 g/mol. The zero-order valence-corrected chi connectivity index (χ0v) is 7.58. The largest absolute Gasteiger partial charge is 0.398 e. The molecule has 0 saturated heterocycles. The highest BCUT2D eigenvalue weighted by atomic mass is 79.9. The molecule has 0 aliphatic heterocycles. The molecule has 1 aromatic rings. The fourth-order valence-corrected chi connectivity index (χ4v) is 1.25. The van der Waals surface area contributed by atoms with Gasteiger partial charge in [0.15, 0.2) is 0 Å². The van der Waals surface area contributed by atoms with Crippen molar-refractivity contribution in [2.24, 2.45) is 0 Å². The van der Waals surface area contributed by atoms with Gasteiger partial charge in [-0.3, -0.25) is 0 Å². The molecule has 0 fully saturated rings. The zero-order chi connectivity index (χ0) is 8.27. The van der Waals surface area contributed by atoms with E-state index in [1.54, 1.807) is 6.07 Å². The summed E-state index contributed by atoms with van der Waals surface area (Å²) in [5, 5.41) is 9.90. The van der Waals surface area contributed by atoms with Crippen LogP contribution >= 0.6 is 15.9 Å². The summed E-state index contributed by atoms with van der Waals surface area (Å²) in [6, 6.07) is 7.31. The first kappa shape index (κ1) is 8.56. The number of anilines is 1. The molecule has 0 unspecified atom stereocenters. The number of hydrogen-bond acceptors (Lipinski definition) is 2. The van der Waals surface area contributed by atoms with Crippen LogP contribution in [0.3, 0.4) is 0 Å². The molecule has 11 heavy (non-hydrogen) atoms. The predicted molar refractivity (Wildman–Crippen MR) is 49.6 cm³/mol. The van der Waals surface area contributed by atoms with E-state index in [1.807, 2.05) is 18.2 Å². The van der Waals surface area contributed by atoms with E-state index in [0.29, 0.717) is 11.0 Å². The first-order chi connectivity index (χ1) is 5.25. The molecule has 0 aliphatic rings. The Labute approximate surface area is 74.2 Å². The van der Waals surface area contributed by atoms with Crippen molar-refractivity contribution < 1.29 is 5.11 Å². The molecule has 60 valence electrons. The molecule has 0 spiro atoms. The quantitative estimate of drug-likeness (QED) is 0.583. The maximum atomic E-state index is 9.38. The van der Waals surface area contributed by atoms with Gasteiger partial charge in [-0.2, -0.15) is 0 Å². The zero-order valence-electron chi connectivity index (χ0n) is 6.00. The average molecular weight is 216 g/mol. The van der Waals surface area contributed by atoms with Gasteiger partial charge in [-0.05, 0) is 6.07 Å². The second-order valence-corrected chi connectivity index (χ2v) is 2.95. The summed E-state index contributed by atoms with van der Waals surface area (Å²) in [4.78, 5) is 0. The number of benzene rings is 1. The number of para-hydroxylation sites is 1. The Morgan fingerprint density at radius 2 is 2.09 bits per heavy atom. The Bertz CT molecular complexity index is 239. The van der Waals surface area contributed by atoms with Gasteiger partial charge >= 0.3 is 0 Å². The normalized spacial score (nSPS) is 12.9. The molecular formula is C8H10BrNO. The van der Waals surface area contributed by atoms with Crippen LogP contribution in [0.4, 0.5) is 5.69 Å². The molecule has 3 heteroatoms. The van der Waals surface area contributed by atoms with Crippen molar-refractivity contribution >= 4 is 21.6 Å². The highest BCUT2D eigenvalue weighted by molar-refractivity contribution is 9.09. The molecule has 0 amide bonds. The first-order valence-electron chi connectivity index (χ1n) is 3.34. The Morgan fingerprint density at radius 1 is 1.45 bits per heavy atom. The summed E-state index contributed by atoms with van der Waals surface area (Å²) in [6.45, 7) is 0. The molecule has 1 rings (SSSR count). The fourth-order valence-electron chi connectivity index (χ4n) is 0.897. The molecule has 0 aliphatic carbocycles. The second-order valence-electron chi connectivity index (χ2n) is 2.30. The summed E-state index contributed by atoms with van der Waals surface area (Å²) >= 11 is 3.18. The van der Waals surface area contributed by atoms with E-state index in [0.717, 1.165) is 5.56 Å². The Kier molecular flexibility index (Phi) is 2.91. The van der Waals surface area contributed by atoms with Gasteiger partial charge in [-0.15, -0.1) is 0 Å². The average Bonchev–Trinajstić information content (AvgIpc) is 2.04. The minimum atomic E-state index is -0.504. The van der Waals surface area contributed by atoms with Gasteiger partial charge in [0, 0.05) is 16.6 Å². The van der Waals surface area contributed by atoms with Crippen molar-refractivity contribution in [1.82, 2.24) is 0 Å². The molecule has 2 nitrogen and oxygen atoms in total. The number of nitrogens with two attached hydrogens (primary N) is 1. The summed E-state index contributed by atoms with van der Waals surface area (Å²) < 4.78 is 0. The predicted octanol–water partition coefficient (Wildman–Crippen LogP) is 1.70. The number of nitrogen functional groups attached to an aromatic ring is 1. The lowest BCUT2D eigenvalue weighted by molar-refractivity contribution is 0.206. The maximum absolute atomic E-state index is 9.38. The van der Waals surface area contributed by atoms with Crippen LogP contribution in [0.25, 0.3) is 0 Å². The van der Waals surface area contributed by atoms with Crippen molar-refractivity contribution in [2.75, 3.05) is 11.1 Å². The van der Waals surface area contributed by atoms with Crippen molar-refractivity contribution in [3.8, 4) is 0 Å². The van der Waals surface area contributed by atoms with Crippen LogP contribution in [-0.2, 0) is 0 Å². The van der Waals surface area contributed by atoms with Gasteiger partial charge in [0.1, 0.15) is 0 Å². The van der Waals surface area contributed by atoms with Gasteiger partial charge in [-0.25, -0.2) is 0 Å². The third-order valence-corrected chi connectivity index (χ3v) is 2.11. The third-order valence-electron chi connectivity index (χ3n) is 1.50. The SMILES string of the molecule is Nc1ccccc1[C@@H](O)CBr. The number of aliphatic hydroxyl groups excluding tert-OH is 1. The van der Waals surface area contributed by atoms with Gasteiger partial charge in [0.2, 0.25) is 0 Å². The van der Waals surface area contributed by atoms with Gasteiger partial charge in [0.05, 0.1) is 6.10 Å². The summed E-state index contributed by atoms with van der Waals surface area (Å²) in [6.07, 6.45) is -0.504. The number of hydrogen-bond donors (Lipinski definition) is 2. The van der Waals surface area contributed by atoms with E-state index >= 15 is 0 Å². The summed E-state index contributed by atoms with van der Waals surface area (Å²) in [5.41, 5.74) is 7.04. The fraction of sp³-hybridized carbons (Fsp3) is 0.250. The van der Waals surface area contributed by atoms with E-state index < -0.39 is 6.10 Å². The van der Waals surface area contributed by atoms with Crippen LogP contribution in [0.5, 0.6) is 0 Å². The van der Waals surface area contributed by atoms with E-state index in [4.69, 9.17) is 5.73 Å². The van der Waals surface area contributed by atoms with Crippen LogP contribution in [0.1, 0.15) is 11.7 Å². The molecule has 0 heterocycles. The molecule has 0 bridgehead atoms. The lowest BCUT2D eigenvalue weighted by atomic mass is 10.1. The van der Waals surface area contributed by atoms with Crippen molar-refractivity contribution in [2.45, 2.75) is 6.10 Å². The third kappa shape index (κ3) is 1.94. The number of halogens is 1. The lowest BCUT2D eigenvalue weighted by Gasteiger charge is -2.09. The Balaban J connectivity index is 2.93. The molecule has 1 aromatic carbocycles. The highest BCUT2D eigenvalue weighted by Crippen LogP contribution is 2.20. The summed E-state index contributed by atoms with van der Waals surface area (Å²) in [7, 11) is 0. The summed E-state index contributed by atoms with van der Waals surface area (Å²) in [5.74, 6) is 0. The van der Waals surface area contributed by atoms with Crippen LogP contribution < -0.4 is 5.73 Å². The molecule has 0 radical (unpaired) electrons. The topological polar surface area (TPSA) is 46.2 Å². The van der Waals surface area contributed by atoms with Crippen LogP contribution in [0, 0.1) is 0 Å². The highest BCUT2D eigenvalue weighted by Gasteiger charge is 2.07. The number of alkyl halides is 1. The lowest BCUT2D eigenvalue weighted by Crippen LogP contribution is -2.02. The van der Waals surface area contributed by atoms with E-state index in [2.05, 4.69) is 15.9 Å². The molecule has 1 atom stereocenters. The van der Waals surface area contributed by atoms with Crippen LogP contribution in [0.2, 0.25) is 0 Å². The second kappa shape index (κ2) is 3.74. The van der Waals surface area contributed by atoms with Gasteiger partial charge < -0.3 is 10.8 Å². The van der Waals surface area contributed by atoms with E-state index in [1.165, 1.54) is 0 Å². The van der Waals surface area contributed by atoms with Crippen molar-refractivity contribution in [3.05, 3.63) is 29.8 Å². The minimum absolute atomic E-state index is 0.504. The van der Waals surface area contributed by atoms with E-state index in [9.17, 15) is 5.11 Å². The first-order valence-corrected chi connectivity index (χ1v) is 4.46. The number of aliphatic hydroxyl groups is 1. The molecule has 0 saturated carbocycles. The Morgan fingerprint density at radius 3 is 2.64 bits per heavy atom. The van der Waals surface area contributed by atoms with Gasteiger partial charge in [0.25, 0.3) is 0 Å². The van der Waals surface area contributed by atoms with Crippen LogP contribution in [0.15, 0.2) is 24.3 Å². The Hall–Kier alpha value is -0.540. The van der Waals surface area contributed by atoms with E-state index in [-0.39, 0.29) is 0 Å². The maximum Gasteiger partial charge on any atom is 0.0906 e. The van der Waals surface area contributed by atoms with Crippen LogP contribution in [-0.4, -0.2) is 10.4 Å². The van der Waals surface area contributed by atoms with Crippen molar-refractivity contribution in [3.63, 3.8) is 0 Å².